The Hall–Kier alpha value is -2.92. The molecule has 0 saturated carbocycles. The van der Waals surface area contributed by atoms with Crippen LogP contribution in [0.25, 0.3) is 0 Å². The van der Waals surface area contributed by atoms with Crippen LogP contribution in [0.2, 0.25) is 0 Å². The summed E-state index contributed by atoms with van der Waals surface area (Å²) in [7, 11) is 1.89. The molecule has 1 aliphatic carbocycles. The van der Waals surface area contributed by atoms with Crippen molar-refractivity contribution in [1.29, 1.82) is 0 Å². The number of hydrogen-bond acceptors (Lipinski definition) is 4. The molecule has 0 saturated heterocycles. The molecule has 172 valence electrons. The van der Waals surface area contributed by atoms with E-state index >= 15 is 0 Å². The quantitative estimate of drug-likeness (QED) is 0.398. The molecule has 1 aliphatic rings. The number of fused-ring (bicyclic) bond motifs is 1. The van der Waals surface area contributed by atoms with E-state index in [0.29, 0.717) is 11.0 Å². The summed E-state index contributed by atoms with van der Waals surface area (Å²) < 4.78 is 0. The molecule has 3 aromatic rings. The van der Waals surface area contributed by atoms with Gasteiger partial charge in [0, 0.05) is 23.2 Å². The van der Waals surface area contributed by atoms with E-state index in [2.05, 4.69) is 43.5 Å². The summed E-state index contributed by atoms with van der Waals surface area (Å²) in [5, 5.41) is 7.35. The molecular formula is C28H32N2O2S. The lowest BCUT2D eigenvalue weighted by molar-refractivity contribution is 0.102. The molecule has 2 N–H and O–H groups in total. The summed E-state index contributed by atoms with van der Waals surface area (Å²) in [4.78, 5) is 25.4. The highest BCUT2D eigenvalue weighted by atomic mass is 32.1. The van der Waals surface area contributed by atoms with Gasteiger partial charge >= 0.3 is 0 Å². The number of carbonyl (C=O) groups is 2. The highest BCUT2D eigenvalue weighted by Gasteiger charge is 2.32. The minimum atomic E-state index is -0.0287. The molecule has 0 bridgehead atoms. The van der Waals surface area contributed by atoms with Crippen molar-refractivity contribution in [2.24, 2.45) is 5.41 Å². The van der Waals surface area contributed by atoms with Gasteiger partial charge in [0.2, 0.25) is 0 Å². The molecule has 33 heavy (non-hydrogen) atoms. The molecule has 1 aromatic heterocycles. The van der Waals surface area contributed by atoms with Crippen molar-refractivity contribution >= 4 is 34.2 Å². The van der Waals surface area contributed by atoms with Crippen LogP contribution in [0, 0.1) is 12.3 Å². The molecule has 0 unspecified atom stereocenters. The van der Waals surface area contributed by atoms with Crippen molar-refractivity contribution in [1.82, 2.24) is 0 Å². The highest BCUT2D eigenvalue weighted by molar-refractivity contribution is 7.16. The van der Waals surface area contributed by atoms with Crippen LogP contribution in [0.3, 0.4) is 0 Å². The Morgan fingerprint density at radius 3 is 2.55 bits per heavy atom. The third-order valence-electron chi connectivity index (χ3n) is 6.63. The fourth-order valence-corrected chi connectivity index (χ4v) is 6.07. The van der Waals surface area contributed by atoms with Crippen molar-refractivity contribution in [3.8, 4) is 0 Å². The van der Waals surface area contributed by atoms with Crippen LogP contribution in [0.4, 0.5) is 10.7 Å². The van der Waals surface area contributed by atoms with Gasteiger partial charge in [-0.3, -0.25) is 9.59 Å². The third kappa shape index (κ3) is 5.19. The summed E-state index contributed by atoms with van der Waals surface area (Å²) in [6.45, 7) is 6.70. The number of aryl methyl sites for hydroxylation is 3. The Kier molecular flexibility index (Phi) is 6.71. The van der Waals surface area contributed by atoms with Gasteiger partial charge in [0.25, 0.3) is 5.91 Å². The van der Waals surface area contributed by atoms with Gasteiger partial charge in [-0.25, -0.2) is 0 Å². The van der Waals surface area contributed by atoms with Crippen LogP contribution >= 0.6 is 11.3 Å². The molecule has 4 nitrogen and oxygen atoms in total. The second-order valence-corrected chi connectivity index (χ2v) is 10.9. The van der Waals surface area contributed by atoms with Gasteiger partial charge in [-0.05, 0) is 78.8 Å². The van der Waals surface area contributed by atoms with E-state index in [1.54, 1.807) is 11.3 Å². The second-order valence-electron chi connectivity index (χ2n) is 9.75. The number of amides is 1. The lowest BCUT2D eigenvalue weighted by Gasteiger charge is -2.29. The van der Waals surface area contributed by atoms with Crippen molar-refractivity contribution in [3.63, 3.8) is 0 Å². The van der Waals surface area contributed by atoms with E-state index in [0.717, 1.165) is 54.6 Å². The van der Waals surface area contributed by atoms with E-state index in [1.807, 2.05) is 37.4 Å². The van der Waals surface area contributed by atoms with Crippen LogP contribution in [0.15, 0.2) is 42.5 Å². The Labute approximate surface area is 200 Å². The SMILES string of the molecule is CNc1sc2c(c1C(=O)Nc1ccc(CCc3ccc(C=O)cc3)c(C)c1)CCC(C)(C)C2. The van der Waals surface area contributed by atoms with E-state index in [9.17, 15) is 9.59 Å². The van der Waals surface area contributed by atoms with Crippen LogP contribution in [0.1, 0.15) is 68.1 Å². The van der Waals surface area contributed by atoms with Gasteiger partial charge in [0.05, 0.1) is 5.56 Å². The average Bonchev–Trinajstić information content (AvgIpc) is 3.15. The van der Waals surface area contributed by atoms with Crippen LogP contribution in [0.5, 0.6) is 0 Å². The van der Waals surface area contributed by atoms with E-state index in [1.165, 1.54) is 27.1 Å². The zero-order chi connectivity index (χ0) is 23.6. The molecular weight excluding hydrogens is 428 g/mol. The minimum Gasteiger partial charge on any atom is -0.379 e. The Morgan fingerprint density at radius 2 is 1.88 bits per heavy atom. The minimum absolute atomic E-state index is 0.0287. The fourth-order valence-electron chi connectivity index (χ4n) is 4.61. The van der Waals surface area contributed by atoms with Crippen LogP contribution < -0.4 is 10.6 Å². The zero-order valence-electron chi connectivity index (χ0n) is 19.9. The molecule has 1 amide bonds. The zero-order valence-corrected chi connectivity index (χ0v) is 20.7. The molecule has 0 radical (unpaired) electrons. The normalized spacial score (nSPS) is 14.4. The molecule has 0 aliphatic heterocycles. The number of carbonyl (C=O) groups excluding carboxylic acids is 2. The molecule has 5 heteroatoms. The molecule has 0 spiro atoms. The van der Waals surface area contributed by atoms with E-state index in [4.69, 9.17) is 0 Å². The van der Waals surface area contributed by atoms with Crippen molar-refractivity contribution in [2.45, 2.75) is 52.9 Å². The molecule has 1 heterocycles. The lowest BCUT2D eigenvalue weighted by Crippen LogP contribution is -2.23. The van der Waals surface area contributed by atoms with E-state index < -0.39 is 0 Å². The maximum Gasteiger partial charge on any atom is 0.258 e. The lowest BCUT2D eigenvalue weighted by atomic mass is 9.77. The largest absolute Gasteiger partial charge is 0.379 e. The number of rotatable bonds is 7. The fraction of sp³-hybridized carbons (Fsp3) is 0.357. The summed E-state index contributed by atoms with van der Waals surface area (Å²) in [5.41, 5.74) is 7.49. The van der Waals surface area contributed by atoms with Crippen molar-refractivity contribution in [2.75, 3.05) is 17.7 Å². The Bertz CT molecular complexity index is 1180. The second kappa shape index (κ2) is 9.52. The number of benzene rings is 2. The summed E-state index contributed by atoms with van der Waals surface area (Å²) in [6, 6.07) is 13.9. The standard InChI is InChI=1S/C28H32N2O2S/c1-18-15-22(12-11-21(18)10-9-19-5-7-20(17-31)8-6-19)30-26(32)25-23-13-14-28(2,3)16-24(23)33-27(25)29-4/h5-8,11-12,15,17,29H,9-10,13-14,16H2,1-4H3,(H,30,32). The van der Waals surface area contributed by atoms with Crippen LogP contribution in [-0.2, 0) is 25.7 Å². The highest BCUT2D eigenvalue weighted by Crippen LogP contribution is 2.43. The first-order valence-corrected chi connectivity index (χ1v) is 12.4. The first kappa shape index (κ1) is 23.2. The summed E-state index contributed by atoms with van der Waals surface area (Å²) in [6.07, 6.45) is 5.78. The number of nitrogens with one attached hydrogen (secondary N) is 2. The molecule has 4 rings (SSSR count). The van der Waals surface area contributed by atoms with Gasteiger partial charge in [-0.15, -0.1) is 11.3 Å². The Morgan fingerprint density at radius 1 is 1.12 bits per heavy atom. The van der Waals surface area contributed by atoms with Crippen molar-refractivity contribution < 1.29 is 9.59 Å². The average molecular weight is 461 g/mol. The first-order valence-electron chi connectivity index (χ1n) is 11.6. The van der Waals surface area contributed by atoms with Gasteiger partial charge < -0.3 is 10.6 Å². The van der Waals surface area contributed by atoms with E-state index in [-0.39, 0.29) is 5.91 Å². The van der Waals surface area contributed by atoms with Gasteiger partial charge in [-0.1, -0.05) is 44.2 Å². The maximum atomic E-state index is 13.3. The number of anilines is 2. The molecule has 2 aromatic carbocycles. The first-order chi connectivity index (χ1) is 15.8. The number of hydrogen-bond donors (Lipinski definition) is 2. The van der Waals surface area contributed by atoms with Crippen molar-refractivity contribution in [3.05, 3.63) is 80.7 Å². The van der Waals surface area contributed by atoms with Gasteiger partial charge in [0.15, 0.2) is 0 Å². The maximum absolute atomic E-state index is 13.3. The number of aldehydes is 1. The van der Waals surface area contributed by atoms with Crippen LogP contribution in [-0.4, -0.2) is 19.2 Å². The summed E-state index contributed by atoms with van der Waals surface area (Å²) >= 11 is 1.72. The predicted molar refractivity (Wildman–Crippen MR) is 138 cm³/mol. The third-order valence-corrected chi connectivity index (χ3v) is 7.88. The number of thiophene rings is 1. The smallest absolute Gasteiger partial charge is 0.258 e. The topological polar surface area (TPSA) is 58.2 Å². The van der Waals surface area contributed by atoms with Gasteiger partial charge in [0.1, 0.15) is 11.3 Å². The molecule has 0 fully saturated rings. The molecule has 0 atom stereocenters. The van der Waals surface area contributed by atoms with Gasteiger partial charge in [-0.2, -0.15) is 0 Å². The predicted octanol–water partition coefficient (Wildman–Crippen LogP) is 6.46. The Balaban J connectivity index is 1.46. The summed E-state index contributed by atoms with van der Waals surface area (Å²) in [5.74, 6) is -0.0287. The monoisotopic (exact) mass is 460 g/mol.